The Labute approximate surface area is 119 Å². The van der Waals surface area contributed by atoms with Crippen molar-refractivity contribution >= 4 is 34.8 Å². The number of ether oxygens (including phenoxy) is 1. The Morgan fingerprint density at radius 1 is 1.21 bits per heavy atom. The number of aromatic nitrogens is 3. The van der Waals surface area contributed by atoms with E-state index in [1.165, 1.54) is 0 Å². The summed E-state index contributed by atoms with van der Waals surface area (Å²) in [7, 11) is 0. The number of aromatic amines is 1. The van der Waals surface area contributed by atoms with Crippen molar-refractivity contribution < 1.29 is 17.9 Å². The molecule has 0 aliphatic heterocycles. The topological polar surface area (TPSA) is 50.8 Å². The Hall–Kier alpha value is -1.18. The summed E-state index contributed by atoms with van der Waals surface area (Å²) in [4.78, 5) is 3.67. The molecule has 10 heteroatoms. The van der Waals surface area contributed by atoms with Gasteiger partial charge in [0, 0.05) is 6.20 Å². The molecule has 2 aromatic heterocycles. The Bertz CT molecular complexity index is 620. The largest absolute Gasteiger partial charge is 0.414 e. The van der Waals surface area contributed by atoms with Crippen LogP contribution >= 0.6 is 34.8 Å². The zero-order valence-electron chi connectivity index (χ0n) is 8.73. The van der Waals surface area contributed by atoms with Gasteiger partial charge in [0.25, 0.3) is 5.88 Å². The summed E-state index contributed by atoms with van der Waals surface area (Å²) in [6.07, 6.45) is 1.09. The van der Waals surface area contributed by atoms with Gasteiger partial charge in [-0.1, -0.05) is 34.8 Å². The molecule has 0 saturated carbocycles. The molecule has 1 N–H and O–H groups in total. The number of alkyl halides is 2. The van der Waals surface area contributed by atoms with Crippen molar-refractivity contribution in [3.05, 3.63) is 27.1 Å². The highest BCUT2D eigenvalue weighted by molar-refractivity contribution is 6.42. The van der Waals surface area contributed by atoms with Gasteiger partial charge in [-0.25, -0.2) is 9.37 Å². The van der Waals surface area contributed by atoms with Gasteiger partial charge >= 0.3 is 6.61 Å². The van der Waals surface area contributed by atoms with Crippen LogP contribution < -0.4 is 4.74 Å². The van der Waals surface area contributed by atoms with Crippen LogP contribution in [-0.2, 0) is 0 Å². The summed E-state index contributed by atoms with van der Waals surface area (Å²) in [5.74, 6) is -1.53. The van der Waals surface area contributed by atoms with E-state index < -0.39 is 18.3 Å². The number of hydrogen-bond acceptors (Lipinski definition) is 3. The maximum Gasteiger partial charge on any atom is 0.388 e. The Balaban J connectivity index is 2.49. The van der Waals surface area contributed by atoms with Gasteiger partial charge in [0.15, 0.2) is 5.82 Å². The number of pyridine rings is 1. The first-order valence-corrected chi connectivity index (χ1v) is 5.73. The summed E-state index contributed by atoms with van der Waals surface area (Å²) >= 11 is 16.9. The molecule has 2 rings (SSSR count). The van der Waals surface area contributed by atoms with Crippen LogP contribution in [0.25, 0.3) is 11.4 Å². The molecule has 4 nitrogen and oxygen atoms in total. The molecule has 0 radical (unpaired) electrons. The van der Waals surface area contributed by atoms with E-state index in [9.17, 15) is 13.2 Å². The zero-order valence-corrected chi connectivity index (χ0v) is 11.0. The molecule has 102 valence electrons. The van der Waals surface area contributed by atoms with Gasteiger partial charge in [-0.05, 0) is 0 Å². The number of hydrogen-bond donors (Lipinski definition) is 1. The van der Waals surface area contributed by atoms with E-state index in [1.807, 2.05) is 0 Å². The lowest BCUT2D eigenvalue weighted by Crippen LogP contribution is -2.02. The minimum atomic E-state index is -3.11. The van der Waals surface area contributed by atoms with E-state index >= 15 is 0 Å². The third-order valence-corrected chi connectivity index (χ3v) is 3.13. The first kappa shape index (κ1) is 14.2. The average molecular weight is 332 g/mol. The van der Waals surface area contributed by atoms with E-state index in [-0.39, 0.29) is 26.5 Å². The molecule has 19 heavy (non-hydrogen) atoms. The second kappa shape index (κ2) is 5.44. The summed E-state index contributed by atoms with van der Waals surface area (Å²) in [5.41, 5.74) is -0.454. The molecule has 0 aromatic carbocycles. The number of nitrogens with zero attached hydrogens (tertiary/aromatic N) is 2. The molecule has 0 aliphatic carbocycles. The van der Waals surface area contributed by atoms with E-state index in [0.717, 1.165) is 6.20 Å². The monoisotopic (exact) mass is 331 g/mol. The first-order chi connectivity index (χ1) is 8.91. The summed E-state index contributed by atoms with van der Waals surface area (Å²) < 4.78 is 41.9. The van der Waals surface area contributed by atoms with Gasteiger partial charge < -0.3 is 4.74 Å². The molecule has 2 aromatic rings. The van der Waals surface area contributed by atoms with Crippen LogP contribution in [0.1, 0.15) is 0 Å². The molecule has 0 aliphatic rings. The second-order valence-corrected chi connectivity index (χ2v) is 4.34. The normalized spacial score (nSPS) is 11.1. The minimum absolute atomic E-state index is 0.0948. The van der Waals surface area contributed by atoms with Crippen LogP contribution in [0.3, 0.4) is 0 Å². The van der Waals surface area contributed by atoms with Crippen LogP contribution in [-0.4, -0.2) is 21.8 Å². The second-order valence-electron chi connectivity index (χ2n) is 3.18. The van der Waals surface area contributed by atoms with Crippen molar-refractivity contribution in [2.45, 2.75) is 6.61 Å². The van der Waals surface area contributed by atoms with Gasteiger partial charge in [0.1, 0.15) is 16.4 Å². The third kappa shape index (κ3) is 2.72. The van der Waals surface area contributed by atoms with Crippen molar-refractivity contribution in [1.29, 1.82) is 0 Å². The molecule has 0 spiro atoms. The fourth-order valence-corrected chi connectivity index (χ4v) is 1.74. The number of halogens is 6. The van der Waals surface area contributed by atoms with Crippen LogP contribution in [0.4, 0.5) is 13.2 Å². The Morgan fingerprint density at radius 2 is 1.89 bits per heavy atom. The zero-order chi connectivity index (χ0) is 14.2. The van der Waals surface area contributed by atoms with Gasteiger partial charge in [-0.15, -0.1) is 5.10 Å². The first-order valence-electron chi connectivity index (χ1n) is 4.60. The Kier molecular flexibility index (Phi) is 4.07. The van der Waals surface area contributed by atoms with Crippen molar-refractivity contribution in [3.8, 4) is 17.3 Å². The predicted octanol–water partition coefficient (Wildman–Crippen LogP) is 4.17. The molecule has 0 amide bonds. The standard InChI is InChI=1S/C9H3Cl3F3N3O/c10-2-1-16-7(5(13)3(2)11)6-4(12)8(18-17-6)19-9(14)15/h1,9H,(H,17,18). The van der Waals surface area contributed by atoms with Crippen molar-refractivity contribution in [2.24, 2.45) is 0 Å². The van der Waals surface area contributed by atoms with Crippen molar-refractivity contribution in [3.63, 3.8) is 0 Å². The van der Waals surface area contributed by atoms with Crippen molar-refractivity contribution in [2.75, 3.05) is 0 Å². The maximum atomic E-state index is 13.8. The summed E-state index contributed by atoms with van der Waals surface area (Å²) in [6, 6.07) is 0. The summed E-state index contributed by atoms with van der Waals surface area (Å²) in [5, 5.41) is 4.82. The van der Waals surface area contributed by atoms with Crippen LogP contribution in [0.15, 0.2) is 6.20 Å². The lowest BCUT2D eigenvalue weighted by Gasteiger charge is -2.03. The molecule has 0 atom stereocenters. The minimum Gasteiger partial charge on any atom is -0.414 e. The van der Waals surface area contributed by atoms with E-state index in [1.54, 1.807) is 0 Å². The fraction of sp³-hybridized carbons (Fsp3) is 0.111. The number of H-pyrrole nitrogens is 1. The van der Waals surface area contributed by atoms with Crippen LogP contribution in [0.5, 0.6) is 5.88 Å². The quantitative estimate of drug-likeness (QED) is 0.917. The smallest absolute Gasteiger partial charge is 0.388 e. The number of nitrogens with one attached hydrogen (secondary N) is 1. The fourth-order valence-electron chi connectivity index (χ4n) is 1.25. The van der Waals surface area contributed by atoms with Crippen LogP contribution in [0, 0.1) is 5.82 Å². The average Bonchev–Trinajstić information content (AvgIpc) is 2.68. The highest BCUT2D eigenvalue weighted by atomic mass is 35.5. The Morgan fingerprint density at radius 3 is 2.53 bits per heavy atom. The molecule has 2 heterocycles. The molecule has 0 bridgehead atoms. The van der Waals surface area contributed by atoms with E-state index in [4.69, 9.17) is 34.8 Å². The van der Waals surface area contributed by atoms with Gasteiger partial charge in [0.2, 0.25) is 0 Å². The lowest BCUT2D eigenvalue weighted by atomic mass is 10.2. The van der Waals surface area contributed by atoms with Gasteiger partial charge in [-0.3, -0.25) is 5.10 Å². The summed E-state index contributed by atoms with van der Waals surface area (Å²) in [6.45, 7) is -3.11. The van der Waals surface area contributed by atoms with Gasteiger partial charge in [-0.2, -0.15) is 8.78 Å². The SMILES string of the molecule is Fc1c(-c2[nH]nc(OC(F)F)c2Cl)ncc(Cl)c1Cl. The lowest BCUT2D eigenvalue weighted by molar-refractivity contribution is -0.0528. The van der Waals surface area contributed by atoms with E-state index in [2.05, 4.69) is 19.9 Å². The number of rotatable bonds is 3. The molecule has 0 saturated heterocycles. The highest BCUT2D eigenvalue weighted by Crippen LogP contribution is 2.36. The molecular formula is C9H3Cl3F3N3O. The predicted molar refractivity (Wildman–Crippen MR) is 63.4 cm³/mol. The third-order valence-electron chi connectivity index (χ3n) is 2.03. The molecule has 0 unspecified atom stereocenters. The molecule has 0 fully saturated rings. The van der Waals surface area contributed by atoms with Gasteiger partial charge in [0.05, 0.1) is 10.0 Å². The molecular weight excluding hydrogens is 329 g/mol. The van der Waals surface area contributed by atoms with E-state index in [0.29, 0.717) is 0 Å². The van der Waals surface area contributed by atoms with Crippen LogP contribution in [0.2, 0.25) is 15.1 Å². The maximum absolute atomic E-state index is 13.8. The highest BCUT2D eigenvalue weighted by Gasteiger charge is 2.22. The van der Waals surface area contributed by atoms with Crippen molar-refractivity contribution in [1.82, 2.24) is 15.2 Å².